The molecule has 80 valence electrons. The predicted octanol–water partition coefficient (Wildman–Crippen LogP) is 1.77. The molecular formula is H2B2F8NiO. The number of rotatable bonds is 0. The van der Waals surface area contributed by atoms with Gasteiger partial charge in [0.1, 0.15) is 0 Å². The maximum absolute atomic E-state index is 9.75. The Morgan fingerprint density at radius 3 is 0.500 bits per heavy atom. The van der Waals surface area contributed by atoms with Crippen molar-refractivity contribution in [2.75, 3.05) is 0 Å². The van der Waals surface area contributed by atoms with Crippen molar-refractivity contribution in [2.45, 2.75) is 0 Å². The van der Waals surface area contributed by atoms with E-state index in [0.29, 0.717) is 0 Å². The van der Waals surface area contributed by atoms with Crippen molar-refractivity contribution >= 4 is 14.5 Å². The second-order valence-electron chi connectivity index (χ2n) is 0.990. The van der Waals surface area contributed by atoms with Crippen LogP contribution in [0.15, 0.2) is 0 Å². The summed E-state index contributed by atoms with van der Waals surface area (Å²) >= 11 is 0. The molecule has 0 aliphatic carbocycles. The van der Waals surface area contributed by atoms with E-state index in [-0.39, 0.29) is 22.0 Å². The number of hydrogen-bond acceptors (Lipinski definition) is 0. The summed E-state index contributed by atoms with van der Waals surface area (Å²) in [4.78, 5) is 0. The molecule has 0 unspecified atom stereocenters. The van der Waals surface area contributed by atoms with E-state index in [0.717, 1.165) is 0 Å². The molecule has 0 saturated carbocycles. The molecule has 0 rings (SSSR count). The molecule has 0 saturated heterocycles. The molecule has 0 aromatic carbocycles. The zero-order chi connectivity index (χ0) is 9.00. The molecule has 0 bridgehead atoms. The Bertz CT molecular complexity index is 60.0. The van der Waals surface area contributed by atoms with Crippen LogP contribution in [0.1, 0.15) is 0 Å². The van der Waals surface area contributed by atoms with E-state index in [1.54, 1.807) is 0 Å². The van der Waals surface area contributed by atoms with Crippen molar-refractivity contribution in [2.24, 2.45) is 0 Å². The Balaban J connectivity index is -0.0000000457. The van der Waals surface area contributed by atoms with Gasteiger partial charge in [-0.1, -0.05) is 0 Å². The summed E-state index contributed by atoms with van der Waals surface area (Å²) in [5, 5.41) is 0. The minimum atomic E-state index is -6.00. The average molecular weight is 250 g/mol. The van der Waals surface area contributed by atoms with Crippen molar-refractivity contribution in [1.82, 2.24) is 0 Å². The standard InChI is InChI=1S/2BF4.Ni.H2O/c2*2-1(3,4)5;;/h;;;1H2/q2*-1;+2;. The first kappa shape index (κ1) is 22.7. The molecule has 0 aliphatic heterocycles. The van der Waals surface area contributed by atoms with Crippen LogP contribution in [0.25, 0.3) is 0 Å². The maximum atomic E-state index is 9.75. The molecule has 0 radical (unpaired) electrons. The SMILES string of the molecule is F[B-](F)(F)F.F[B-](F)(F)F.O.[Ni+2]. The summed E-state index contributed by atoms with van der Waals surface area (Å²) in [6.45, 7) is 0. The first-order valence-corrected chi connectivity index (χ1v) is 1.75. The van der Waals surface area contributed by atoms with Crippen LogP contribution in [0.5, 0.6) is 0 Å². The van der Waals surface area contributed by atoms with Gasteiger partial charge in [-0.15, -0.1) is 0 Å². The Morgan fingerprint density at radius 2 is 0.500 bits per heavy atom. The molecule has 0 aromatic heterocycles. The van der Waals surface area contributed by atoms with E-state index in [4.69, 9.17) is 0 Å². The minimum absolute atomic E-state index is 0. The van der Waals surface area contributed by atoms with Gasteiger partial charge in [-0.2, -0.15) is 0 Å². The van der Waals surface area contributed by atoms with Gasteiger partial charge >= 0.3 is 31.0 Å². The van der Waals surface area contributed by atoms with Crippen LogP contribution in [0.3, 0.4) is 0 Å². The summed E-state index contributed by atoms with van der Waals surface area (Å²) in [5.41, 5.74) is 0. The first-order valence-electron chi connectivity index (χ1n) is 1.75. The van der Waals surface area contributed by atoms with E-state index in [1.165, 1.54) is 0 Å². The molecule has 0 spiro atoms. The summed E-state index contributed by atoms with van der Waals surface area (Å²) in [5.74, 6) is 0. The van der Waals surface area contributed by atoms with Crippen LogP contribution in [0.4, 0.5) is 34.5 Å². The molecule has 0 aliphatic rings. The fourth-order valence-corrected chi connectivity index (χ4v) is 0. The largest absolute Gasteiger partial charge is 2.00 e. The first-order chi connectivity index (χ1) is 4.00. The van der Waals surface area contributed by atoms with Gasteiger partial charge in [0.2, 0.25) is 0 Å². The van der Waals surface area contributed by atoms with Gasteiger partial charge in [0.25, 0.3) is 0 Å². The smallest absolute Gasteiger partial charge is 0.418 e. The van der Waals surface area contributed by atoms with Gasteiger partial charge < -0.3 is 40.0 Å². The fourth-order valence-electron chi connectivity index (χ4n) is 0. The minimum Gasteiger partial charge on any atom is -0.418 e. The van der Waals surface area contributed by atoms with E-state index >= 15 is 0 Å². The van der Waals surface area contributed by atoms with Gasteiger partial charge in [-0.3, -0.25) is 0 Å². The van der Waals surface area contributed by atoms with Crippen molar-refractivity contribution in [3.63, 3.8) is 0 Å². The van der Waals surface area contributed by atoms with Gasteiger partial charge in [0.15, 0.2) is 0 Å². The molecule has 0 amide bonds. The molecule has 2 N–H and O–H groups in total. The molecule has 0 aromatic rings. The topological polar surface area (TPSA) is 31.5 Å². The zero-order valence-corrected chi connectivity index (χ0v) is 5.98. The van der Waals surface area contributed by atoms with Crippen LogP contribution in [0.2, 0.25) is 0 Å². The third-order valence-corrected chi connectivity index (χ3v) is 0. The monoisotopic (exact) mass is 250 g/mol. The van der Waals surface area contributed by atoms with Gasteiger partial charge in [0, 0.05) is 0 Å². The Morgan fingerprint density at radius 1 is 0.500 bits per heavy atom. The Kier molecular flexibility index (Phi) is 14.5. The molecule has 0 fully saturated rings. The van der Waals surface area contributed by atoms with Crippen LogP contribution in [0, 0.1) is 0 Å². The summed E-state index contributed by atoms with van der Waals surface area (Å²) in [7, 11) is -12.0. The van der Waals surface area contributed by atoms with E-state index in [9.17, 15) is 34.5 Å². The molecule has 1 nitrogen and oxygen atoms in total. The summed E-state index contributed by atoms with van der Waals surface area (Å²) in [6.07, 6.45) is 0. The molecule has 0 atom stereocenters. The summed E-state index contributed by atoms with van der Waals surface area (Å²) in [6, 6.07) is 0. The van der Waals surface area contributed by atoms with Gasteiger partial charge in [0.05, 0.1) is 0 Å². The third kappa shape index (κ3) is 1490000. The van der Waals surface area contributed by atoms with E-state index in [1.807, 2.05) is 0 Å². The Labute approximate surface area is 71.9 Å². The molecular weight excluding hydrogens is 248 g/mol. The molecule has 12 heavy (non-hydrogen) atoms. The van der Waals surface area contributed by atoms with Crippen LogP contribution in [-0.2, 0) is 16.5 Å². The second-order valence-corrected chi connectivity index (χ2v) is 0.990. The van der Waals surface area contributed by atoms with E-state index in [2.05, 4.69) is 0 Å². The van der Waals surface area contributed by atoms with Gasteiger partial charge in [-0.25, -0.2) is 0 Å². The third-order valence-electron chi connectivity index (χ3n) is 0. The predicted molar refractivity (Wildman–Crippen MR) is 24.0 cm³/mol. The van der Waals surface area contributed by atoms with Crippen LogP contribution < -0.4 is 0 Å². The van der Waals surface area contributed by atoms with Crippen molar-refractivity contribution < 1.29 is 56.5 Å². The quantitative estimate of drug-likeness (QED) is 0.463. The number of hydrogen-bond donors (Lipinski definition) is 0. The van der Waals surface area contributed by atoms with Crippen LogP contribution in [-0.4, -0.2) is 20.0 Å². The van der Waals surface area contributed by atoms with Gasteiger partial charge in [-0.05, 0) is 0 Å². The zero-order valence-electron chi connectivity index (χ0n) is 4.99. The summed E-state index contributed by atoms with van der Waals surface area (Å²) < 4.78 is 78.0. The maximum Gasteiger partial charge on any atom is 2.00 e. The number of halogens is 8. The van der Waals surface area contributed by atoms with E-state index < -0.39 is 14.5 Å². The van der Waals surface area contributed by atoms with Crippen molar-refractivity contribution in [3.05, 3.63) is 0 Å². The Hall–Kier alpha value is 0.0234. The average Bonchev–Trinajstić information content (AvgIpc) is 1.12. The van der Waals surface area contributed by atoms with Crippen LogP contribution >= 0.6 is 0 Å². The van der Waals surface area contributed by atoms with Crippen molar-refractivity contribution in [1.29, 1.82) is 0 Å². The fraction of sp³-hybridized carbons (Fsp3) is 0. The normalized spacial score (nSPS) is 10.0. The van der Waals surface area contributed by atoms with Crippen molar-refractivity contribution in [3.8, 4) is 0 Å². The molecule has 0 heterocycles. The second kappa shape index (κ2) is 7.66. The molecule has 12 heteroatoms.